The first kappa shape index (κ1) is 12.7. The van der Waals surface area contributed by atoms with Gasteiger partial charge in [-0.05, 0) is 17.9 Å². The van der Waals surface area contributed by atoms with Gasteiger partial charge in [-0.15, -0.1) is 11.3 Å². The maximum Gasteiger partial charge on any atom is 0.312 e. The van der Waals surface area contributed by atoms with Crippen LogP contribution in [0.15, 0.2) is 17.5 Å². The second kappa shape index (κ2) is 6.27. The standard InChI is InChI=1S/C11H15NO3S/c1-2-5-12-10(13)7-8(11(14)15)9-4-3-6-16-9/h3-4,6,8H,2,5,7H2,1H3,(H,12,13)(H,14,15). The first-order valence-corrected chi connectivity index (χ1v) is 6.06. The third kappa shape index (κ3) is 3.66. The van der Waals surface area contributed by atoms with E-state index in [1.807, 2.05) is 12.3 Å². The van der Waals surface area contributed by atoms with E-state index < -0.39 is 11.9 Å². The van der Waals surface area contributed by atoms with Gasteiger partial charge in [-0.3, -0.25) is 9.59 Å². The fraction of sp³-hybridized carbons (Fsp3) is 0.455. The van der Waals surface area contributed by atoms with Crippen LogP contribution in [0.2, 0.25) is 0 Å². The first-order chi connectivity index (χ1) is 7.65. The van der Waals surface area contributed by atoms with Gasteiger partial charge in [0.05, 0.1) is 5.92 Å². The smallest absolute Gasteiger partial charge is 0.312 e. The highest BCUT2D eigenvalue weighted by atomic mass is 32.1. The largest absolute Gasteiger partial charge is 0.481 e. The van der Waals surface area contributed by atoms with E-state index in [0.717, 1.165) is 11.3 Å². The third-order valence-corrected chi connectivity index (χ3v) is 3.13. The quantitative estimate of drug-likeness (QED) is 0.798. The summed E-state index contributed by atoms with van der Waals surface area (Å²) in [4.78, 5) is 23.2. The average molecular weight is 241 g/mol. The summed E-state index contributed by atoms with van der Waals surface area (Å²) in [6, 6.07) is 3.54. The molecular formula is C11H15NO3S. The third-order valence-electron chi connectivity index (χ3n) is 2.15. The van der Waals surface area contributed by atoms with Crippen LogP contribution in [0.1, 0.15) is 30.6 Å². The Bertz CT molecular complexity index is 348. The van der Waals surface area contributed by atoms with Crippen molar-refractivity contribution in [3.8, 4) is 0 Å². The van der Waals surface area contributed by atoms with Gasteiger partial charge in [0.25, 0.3) is 0 Å². The summed E-state index contributed by atoms with van der Waals surface area (Å²) in [5, 5.41) is 13.5. The fourth-order valence-electron chi connectivity index (χ4n) is 1.32. The van der Waals surface area contributed by atoms with Crippen molar-refractivity contribution in [1.29, 1.82) is 0 Å². The van der Waals surface area contributed by atoms with Crippen molar-refractivity contribution in [1.82, 2.24) is 5.32 Å². The molecule has 1 amide bonds. The van der Waals surface area contributed by atoms with Crippen molar-refractivity contribution >= 4 is 23.2 Å². The molecule has 0 radical (unpaired) electrons. The molecule has 1 unspecified atom stereocenters. The maximum absolute atomic E-state index is 11.4. The Morgan fingerprint density at radius 2 is 2.31 bits per heavy atom. The van der Waals surface area contributed by atoms with E-state index in [1.54, 1.807) is 12.1 Å². The molecule has 1 aromatic heterocycles. The summed E-state index contributed by atoms with van der Waals surface area (Å²) in [5.41, 5.74) is 0. The molecule has 0 spiro atoms. The average Bonchev–Trinajstić information content (AvgIpc) is 2.75. The molecule has 5 heteroatoms. The van der Waals surface area contributed by atoms with Crippen molar-refractivity contribution in [3.63, 3.8) is 0 Å². The summed E-state index contributed by atoms with van der Waals surface area (Å²) < 4.78 is 0. The molecule has 88 valence electrons. The van der Waals surface area contributed by atoms with Crippen LogP contribution < -0.4 is 5.32 Å². The molecule has 0 aromatic carbocycles. The van der Waals surface area contributed by atoms with E-state index >= 15 is 0 Å². The zero-order valence-corrected chi connectivity index (χ0v) is 9.92. The number of carbonyl (C=O) groups is 2. The van der Waals surface area contributed by atoms with Gasteiger partial charge in [-0.25, -0.2) is 0 Å². The minimum atomic E-state index is -0.950. The SMILES string of the molecule is CCCNC(=O)CC(C(=O)O)c1cccs1. The molecule has 0 bridgehead atoms. The molecule has 0 saturated heterocycles. The van der Waals surface area contributed by atoms with Crippen molar-refractivity contribution < 1.29 is 14.7 Å². The number of carboxylic acid groups (broad SMARTS) is 1. The topological polar surface area (TPSA) is 66.4 Å². The highest BCUT2D eigenvalue weighted by molar-refractivity contribution is 7.10. The zero-order valence-electron chi connectivity index (χ0n) is 9.10. The summed E-state index contributed by atoms with van der Waals surface area (Å²) in [6.07, 6.45) is 0.859. The van der Waals surface area contributed by atoms with E-state index in [1.165, 1.54) is 11.3 Å². The van der Waals surface area contributed by atoms with Crippen LogP contribution in [0.3, 0.4) is 0 Å². The second-order valence-electron chi connectivity index (χ2n) is 3.46. The number of hydrogen-bond donors (Lipinski definition) is 2. The van der Waals surface area contributed by atoms with Crippen molar-refractivity contribution in [2.24, 2.45) is 0 Å². The van der Waals surface area contributed by atoms with Gasteiger partial charge in [0.15, 0.2) is 0 Å². The number of amides is 1. The fourth-order valence-corrected chi connectivity index (χ4v) is 2.14. The second-order valence-corrected chi connectivity index (χ2v) is 4.44. The molecule has 0 aliphatic heterocycles. The molecule has 16 heavy (non-hydrogen) atoms. The van der Waals surface area contributed by atoms with Crippen molar-refractivity contribution in [2.45, 2.75) is 25.7 Å². The molecule has 0 aliphatic carbocycles. The minimum absolute atomic E-state index is 0.00977. The number of carbonyl (C=O) groups excluding carboxylic acids is 1. The minimum Gasteiger partial charge on any atom is -0.481 e. The summed E-state index contributed by atoms with van der Waals surface area (Å²) in [5.74, 6) is -1.88. The Morgan fingerprint density at radius 1 is 1.56 bits per heavy atom. The van der Waals surface area contributed by atoms with E-state index in [2.05, 4.69) is 5.32 Å². The molecule has 1 rings (SSSR count). The predicted octanol–water partition coefficient (Wildman–Crippen LogP) is 1.83. The van der Waals surface area contributed by atoms with E-state index in [4.69, 9.17) is 5.11 Å². The summed E-state index contributed by atoms with van der Waals surface area (Å²) in [6.45, 7) is 2.55. The lowest BCUT2D eigenvalue weighted by molar-refractivity contribution is -0.140. The summed E-state index contributed by atoms with van der Waals surface area (Å²) >= 11 is 1.36. The van der Waals surface area contributed by atoms with Crippen molar-refractivity contribution in [2.75, 3.05) is 6.54 Å². The first-order valence-electron chi connectivity index (χ1n) is 5.18. The molecule has 2 N–H and O–H groups in total. The van der Waals surface area contributed by atoms with Crippen LogP contribution in [0, 0.1) is 0 Å². The van der Waals surface area contributed by atoms with Gasteiger partial charge < -0.3 is 10.4 Å². The molecule has 1 aromatic rings. The van der Waals surface area contributed by atoms with Crippen LogP contribution in [-0.4, -0.2) is 23.5 Å². The van der Waals surface area contributed by atoms with Crippen LogP contribution >= 0.6 is 11.3 Å². The summed E-state index contributed by atoms with van der Waals surface area (Å²) in [7, 11) is 0. The Kier molecular flexibility index (Phi) is 4.98. The monoisotopic (exact) mass is 241 g/mol. The lowest BCUT2D eigenvalue weighted by Crippen LogP contribution is -2.27. The molecule has 0 fully saturated rings. The number of aliphatic carboxylic acids is 1. The predicted molar refractivity (Wildman–Crippen MR) is 62.6 cm³/mol. The number of hydrogen-bond acceptors (Lipinski definition) is 3. The van der Waals surface area contributed by atoms with Crippen LogP contribution in [0.4, 0.5) is 0 Å². The highest BCUT2D eigenvalue weighted by Gasteiger charge is 2.23. The van der Waals surface area contributed by atoms with Gasteiger partial charge in [-0.2, -0.15) is 0 Å². The van der Waals surface area contributed by atoms with E-state index in [0.29, 0.717) is 6.54 Å². The lowest BCUT2D eigenvalue weighted by atomic mass is 10.0. The van der Waals surface area contributed by atoms with Crippen molar-refractivity contribution in [3.05, 3.63) is 22.4 Å². The van der Waals surface area contributed by atoms with Crippen LogP contribution in [0.5, 0.6) is 0 Å². The van der Waals surface area contributed by atoms with Crippen LogP contribution in [0.25, 0.3) is 0 Å². The van der Waals surface area contributed by atoms with E-state index in [-0.39, 0.29) is 12.3 Å². The Labute approximate surface area is 98.3 Å². The molecule has 4 nitrogen and oxygen atoms in total. The van der Waals surface area contributed by atoms with Gasteiger partial charge >= 0.3 is 5.97 Å². The molecule has 1 heterocycles. The molecule has 1 atom stereocenters. The molecule has 0 aliphatic rings. The highest BCUT2D eigenvalue weighted by Crippen LogP contribution is 2.24. The van der Waals surface area contributed by atoms with Gasteiger partial charge in [-0.1, -0.05) is 13.0 Å². The number of nitrogens with one attached hydrogen (secondary N) is 1. The Balaban J connectivity index is 2.59. The Morgan fingerprint density at radius 3 is 2.81 bits per heavy atom. The number of rotatable bonds is 6. The van der Waals surface area contributed by atoms with Crippen LogP contribution in [-0.2, 0) is 9.59 Å². The molecular weight excluding hydrogens is 226 g/mol. The Hall–Kier alpha value is -1.36. The molecule has 0 saturated carbocycles. The normalized spacial score (nSPS) is 12.1. The number of carboxylic acids is 1. The van der Waals surface area contributed by atoms with Gasteiger partial charge in [0, 0.05) is 17.8 Å². The number of thiophene rings is 1. The van der Waals surface area contributed by atoms with Gasteiger partial charge in [0.2, 0.25) is 5.91 Å². The zero-order chi connectivity index (χ0) is 12.0. The lowest BCUT2D eigenvalue weighted by Gasteiger charge is -2.10. The van der Waals surface area contributed by atoms with E-state index in [9.17, 15) is 9.59 Å². The maximum atomic E-state index is 11.4. The van der Waals surface area contributed by atoms with Gasteiger partial charge in [0.1, 0.15) is 0 Å².